The summed E-state index contributed by atoms with van der Waals surface area (Å²) in [5.74, 6) is 2.99. The van der Waals surface area contributed by atoms with Crippen molar-refractivity contribution in [3.05, 3.63) is 41.0 Å². The molecule has 1 saturated carbocycles. The Morgan fingerprint density at radius 2 is 1.77 bits per heavy atom. The van der Waals surface area contributed by atoms with E-state index >= 15 is 0 Å². The Morgan fingerprint density at radius 3 is 2.49 bits per heavy atom. The Balaban J connectivity index is 1.33. The molecule has 2 aliphatic rings. The molecule has 0 spiro atoms. The van der Waals surface area contributed by atoms with Crippen molar-refractivity contribution >= 4 is 39.0 Å². The predicted octanol–water partition coefficient (Wildman–Crippen LogP) is 4.89. The highest BCUT2D eigenvalue weighted by atomic mass is 32.1. The van der Waals surface area contributed by atoms with Crippen molar-refractivity contribution in [3.8, 4) is 5.75 Å². The fraction of sp³-hybridized carbons (Fsp3) is 0.519. The highest BCUT2D eigenvalue weighted by Gasteiger charge is 2.30. The van der Waals surface area contributed by atoms with Gasteiger partial charge in [0.15, 0.2) is 0 Å². The van der Waals surface area contributed by atoms with Gasteiger partial charge in [0.1, 0.15) is 22.7 Å². The fourth-order valence-electron chi connectivity index (χ4n) is 5.50. The van der Waals surface area contributed by atoms with Crippen LogP contribution in [0.5, 0.6) is 5.75 Å². The number of ether oxygens (including phenoxy) is 1. The number of anilines is 2. The van der Waals surface area contributed by atoms with Crippen LogP contribution in [-0.2, 0) is 0 Å². The van der Waals surface area contributed by atoms with Crippen molar-refractivity contribution in [1.29, 1.82) is 0 Å². The summed E-state index contributed by atoms with van der Waals surface area (Å²) < 4.78 is 5.29. The van der Waals surface area contributed by atoms with Gasteiger partial charge in [-0.2, -0.15) is 0 Å². The van der Waals surface area contributed by atoms with Crippen LogP contribution in [0.25, 0.3) is 10.2 Å². The molecular formula is C27H35N5O2S. The van der Waals surface area contributed by atoms with Crippen molar-refractivity contribution in [3.63, 3.8) is 0 Å². The third-order valence-corrected chi connectivity index (χ3v) is 9.15. The molecule has 1 aliphatic carbocycles. The number of hydrogen-bond donors (Lipinski definition) is 1. The Morgan fingerprint density at radius 1 is 1.06 bits per heavy atom. The summed E-state index contributed by atoms with van der Waals surface area (Å²) in [6.07, 6.45) is 5.13. The predicted molar refractivity (Wildman–Crippen MR) is 143 cm³/mol. The van der Waals surface area contributed by atoms with Gasteiger partial charge in [-0.3, -0.25) is 4.79 Å². The summed E-state index contributed by atoms with van der Waals surface area (Å²) in [6, 6.07) is 8.47. The highest BCUT2D eigenvalue weighted by molar-refractivity contribution is 7.20. The third kappa shape index (κ3) is 4.68. The van der Waals surface area contributed by atoms with E-state index in [1.807, 2.05) is 19.1 Å². The second-order valence-corrected chi connectivity index (χ2v) is 11.0. The summed E-state index contributed by atoms with van der Waals surface area (Å²) >= 11 is 1.49. The number of nitrogens with zero attached hydrogens (tertiary/aromatic N) is 4. The molecule has 3 aromatic rings. The first-order chi connectivity index (χ1) is 17.0. The molecule has 2 aromatic heterocycles. The number of fused-ring (bicyclic) bond motifs is 1. The Hall–Kier alpha value is -2.87. The first-order valence-corrected chi connectivity index (χ1v) is 13.5. The van der Waals surface area contributed by atoms with E-state index < -0.39 is 0 Å². The van der Waals surface area contributed by atoms with Crippen molar-refractivity contribution in [2.24, 2.45) is 11.8 Å². The number of benzene rings is 1. The van der Waals surface area contributed by atoms with Crippen LogP contribution < -0.4 is 19.9 Å². The SMILES string of the molecule is COc1ccc(N2CCN(c3ncnc4sc(C(=O)NC5CCCC(C)C5C)c(C)c34)CC2)cc1. The average molecular weight is 494 g/mol. The smallest absolute Gasteiger partial charge is 0.261 e. The van der Waals surface area contributed by atoms with Gasteiger partial charge in [0, 0.05) is 37.9 Å². The topological polar surface area (TPSA) is 70.6 Å². The van der Waals surface area contributed by atoms with Crippen LogP contribution in [-0.4, -0.2) is 55.2 Å². The molecule has 186 valence electrons. The van der Waals surface area contributed by atoms with Crippen LogP contribution in [0.3, 0.4) is 0 Å². The Bertz CT molecular complexity index is 1190. The number of amides is 1. The van der Waals surface area contributed by atoms with Gasteiger partial charge in [0.25, 0.3) is 5.91 Å². The van der Waals surface area contributed by atoms with Gasteiger partial charge in [-0.15, -0.1) is 11.3 Å². The van der Waals surface area contributed by atoms with Crippen molar-refractivity contribution in [2.45, 2.75) is 46.1 Å². The van der Waals surface area contributed by atoms with Crippen LogP contribution in [0.2, 0.25) is 0 Å². The summed E-state index contributed by atoms with van der Waals surface area (Å²) in [4.78, 5) is 28.9. The van der Waals surface area contributed by atoms with Crippen LogP contribution in [0, 0.1) is 18.8 Å². The Labute approximate surface area is 211 Å². The minimum atomic E-state index is 0.0340. The van der Waals surface area contributed by atoms with Crippen LogP contribution in [0.4, 0.5) is 11.5 Å². The molecule has 8 heteroatoms. The summed E-state index contributed by atoms with van der Waals surface area (Å²) in [6.45, 7) is 10.2. The normalized spacial score (nSPS) is 22.9. The first kappa shape index (κ1) is 23.9. The molecule has 5 rings (SSSR count). The van der Waals surface area contributed by atoms with E-state index in [4.69, 9.17) is 4.74 Å². The lowest BCUT2D eigenvalue weighted by Crippen LogP contribution is -2.47. The molecule has 1 saturated heterocycles. The zero-order valence-corrected chi connectivity index (χ0v) is 21.9. The number of hydrogen-bond acceptors (Lipinski definition) is 7. The molecule has 1 N–H and O–H groups in total. The van der Waals surface area contributed by atoms with Crippen molar-refractivity contribution in [2.75, 3.05) is 43.1 Å². The molecule has 1 amide bonds. The molecule has 0 radical (unpaired) electrons. The molecule has 1 aromatic carbocycles. The number of methoxy groups -OCH3 is 1. The summed E-state index contributed by atoms with van der Waals surface area (Å²) in [5.41, 5.74) is 2.20. The second-order valence-electron chi connectivity index (χ2n) is 9.95. The second kappa shape index (κ2) is 10.0. The zero-order chi connectivity index (χ0) is 24.5. The van der Waals surface area contributed by atoms with Gasteiger partial charge >= 0.3 is 0 Å². The van der Waals surface area contributed by atoms with Crippen LogP contribution in [0.15, 0.2) is 30.6 Å². The number of carbonyl (C=O) groups excluding carboxylic acids is 1. The first-order valence-electron chi connectivity index (χ1n) is 12.6. The highest BCUT2D eigenvalue weighted by Crippen LogP contribution is 2.36. The zero-order valence-electron chi connectivity index (χ0n) is 21.1. The monoisotopic (exact) mass is 493 g/mol. The largest absolute Gasteiger partial charge is 0.497 e. The standard InChI is InChI=1S/C27H35N5O2S/c1-17-6-5-7-22(18(17)2)30-26(33)24-19(3)23-25(28-16-29-27(23)35-24)32-14-12-31(13-15-32)20-8-10-21(34-4)11-9-20/h8-11,16-18,22H,5-7,12-15H2,1-4H3,(H,30,33). The summed E-state index contributed by atoms with van der Waals surface area (Å²) in [5, 5.41) is 4.36. The maximum atomic E-state index is 13.3. The van der Waals surface area contributed by atoms with Crippen LogP contribution in [0.1, 0.15) is 48.3 Å². The average Bonchev–Trinajstić information content (AvgIpc) is 3.24. The number of aromatic nitrogens is 2. The lowest BCUT2D eigenvalue weighted by molar-refractivity contribution is 0.0894. The number of thiophene rings is 1. The van der Waals surface area contributed by atoms with Crippen molar-refractivity contribution < 1.29 is 9.53 Å². The lowest BCUT2D eigenvalue weighted by Gasteiger charge is -2.37. The minimum Gasteiger partial charge on any atom is -0.497 e. The Kier molecular flexibility index (Phi) is 6.82. The van der Waals surface area contributed by atoms with E-state index in [0.29, 0.717) is 11.8 Å². The molecule has 3 heterocycles. The molecule has 35 heavy (non-hydrogen) atoms. The van der Waals surface area contributed by atoms with E-state index in [-0.39, 0.29) is 11.9 Å². The number of nitrogens with one attached hydrogen (secondary N) is 1. The fourth-order valence-corrected chi connectivity index (χ4v) is 6.54. The number of piperazine rings is 1. The minimum absolute atomic E-state index is 0.0340. The van der Waals surface area contributed by atoms with Gasteiger partial charge in [-0.25, -0.2) is 9.97 Å². The van der Waals surface area contributed by atoms with Crippen molar-refractivity contribution in [1.82, 2.24) is 15.3 Å². The molecule has 2 fully saturated rings. The van der Waals surface area contributed by atoms with Gasteiger partial charge < -0.3 is 19.9 Å². The lowest BCUT2D eigenvalue weighted by atomic mass is 9.78. The third-order valence-electron chi connectivity index (χ3n) is 7.95. The molecule has 0 bridgehead atoms. The van der Waals surface area contributed by atoms with Crippen LogP contribution >= 0.6 is 11.3 Å². The van der Waals surface area contributed by atoms with Gasteiger partial charge in [0.05, 0.1) is 17.4 Å². The molecule has 7 nitrogen and oxygen atoms in total. The van der Waals surface area contributed by atoms with E-state index in [9.17, 15) is 4.79 Å². The molecule has 3 atom stereocenters. The maximum Gasteiger partial charge on any atom is 0.261 e. The van der Waals surface area contributed by atoms with Gasteiger partial charge in [0.2, 0.25) is 0 Å². The maximum absolute atomic E-state index is 13.3. The van der Waals surface area contributed by atoms with Gasteiger partial charge in [-0.05, 0) is 55.0 Å². The number of rotatable bonds is 5. The molecule has 1 aliphatic heterocycles. The van der Waals surface area contributed by atoms with Gasteiger partial charge in [-0.1, -0.05) is 26.7 Å². The van der Waals surface area contributed by atoms with E-state index in [0.717, 1.165) is 64.8 Å². The number of aryl methyl sites for hydroxylation is 1. The number of carbonyl (C=O) groups is 1. The quantitative estimate of drug-likeness (QED) is 0.546. The van der Waals surface area contributed by atoms with E-state index in [1.54, 1.807) is 13.4 Å². The van der Waals surface area contributed by atoms with E-state index in [2.05, 4.69) is 51.1 Å². The summed E-state index contributed by atoms with van der Waals surface area (Å²) in [7, 11) is 1.69. The molecular weight excluding hydrogens is 458 g/mol. The molecule has 3 unspecified atom stereocenters. The van der Waals surface area contributed by atoms with E-state index in [1.165, 1.54) is 29.9 Å².